The van der Waals surface area contributed by atoms with Crippen molar-refractivity contribution < 1.29 is 28.2 Å². The molecule has 0 aliphatic rings. The van der Waals surface area contributed by atoms with Crippen LogP contribution >= 0.6 is 0 Å². The SMILES string of the molecule is COC(=O)C(Cc1ccc(OC(c2ccc(C(C)C)cc2)c2cn[nH]c2OC)cc1)C(C)=NOCc1ccc(F)cc1. The molecule has 0 aliphatic carbocycles. The summed E-state index contributed by atoms with van der Waals surface area (Å²) in [4.78, 5) is 18.0. The van der Waals surface area contributed by atoms with Gasteiger partial charge in [0.15, 0.2) is 6.10 Å². The fraction of sp³-hybridized carbons (Fsp3) is 0.303. The van der Waals surface area contributed by atoms with Gasteiger partial charge in [0, 0.05) is 0 Å². The molecule has 4 aromatic rings. The molecule has 0 fully saturated rings. The number of carbonyl (C=O) groups is 1. The number of rotatable bonds is 13. The number of hydrogen-bond acceptors (Lipinski definition) is 7. The third-order valence-electron chi connectivity index (χ3n) is 6.98. The minimum absolute atomic E-state index is 0.153. The number of nitrogens with one attached hydrogen (secondary N) is 1. The van der Waals surface area contributed by atoms with E-state index in [9.17, 15) is 9.18 Å². The first kappa shape index (κ1) is 30.3. The summed E-state index contributed by atoms with van der Waals surface area (Å²) in [6, 6.07) is 21.8. The predicted octanol–water partition coefficient (Wildman–Crippen LogP) is 6.77. The van der Waals surface area contributed by atoms with Crippen molar-refractivity contribution in [3.05, 3.63) is 113 Å². The fourth-order valence-corrected chi connectivity index (χ4v) is 4.47. The van der Waals surface area contributed by atoms with E-state index in [1.807, 2.05) is 24.3 Å². The van der Waals surface area contributed by atoms with Crippen molar-refractivity contribution in [3.8, 4) is 11.6 Å². The van der Waals surface area contributed by atoms with Gasteiger partial charge in [-0.3, -0.25) is 4.79 Å². The summed E-state index contributed by atoms with van der Waals surface area (Å²) in [7, 11) is 2.93. The first-order valence-electron chi connectivity index (χ1n) is 13.7. The van der Waals surface area contributed by atoms with Crippen LogP contribution in [0, 0.1) is 11.7 Å². The standard InChI is InChI=1S/C33H36FN3O5/c1-21(2)25-10-12-26(13-11-25)31(30-19-35-36-32(30)39-4)42-28-16-8-23(9-17-28)18-29(33(38)40-5)22(3)37-41-20-24-6-14-27(34)15-7-24/h6-17,19,21,29,31H,18,20H2,1-5H3,(H,35,36). The zero-order chi connectivity index (χ0) is 30.1. The molecule has 1 N–H and O–H groups in total. The first-order chi connectivity index (χ1) is 20.3. The lowest BCUT2D eigenvalue weighted by Crippen LogP contribution is -2.26. The minimum atomic E-state index is -0.641. The van der Waals surface area contributed by atoms with E-state index in [2.05, 4.69) is 53.5 Å². The molecule has 220 valence electrons. The van der Waals surface area contributed by atoms with Gasteiger partial charge in [0.25, 0.3) is 0 Å². The lowest BCUT2D eigenvalue weighted by Gasteiger charge is -2.21. The number of methoxy groups -OCH3 is 2. The van der Waals surface area contributed by atoms with Crippen molar-refractivity contribution in [2.75, 3.05) is 14.2 Å². The highest BCUT2D eigenvalue weighted by atomic mass is 19.1. The molecule has 3 aromatic carbocycles. The number of oxime groups is 1. The first-order valence-corrected chi connectivity index (χ1v) is 13.7. The van der Waals surface area contributed by atoms with Crippen LogP contribution < -0.4 is 9.47 Å². The van der Waals surface area contributed by atoms with Gasteiger partial charge in [-0.1, -0.05) is 67.5 Å². The quantitative estimate of drug-likeness (QED) is 0.108. The Morgan fingerprint density at radius 3 is 2.19 bits per heavy atom. The monoisotopic (exact) mass is 573 g/mol. The number of ether oxygens (including phenoxy) is 3. The molecule has 0 bridgehead atoms. The Labute approximate surface area is 245 Å². The Bertz CT molecular complexity index is 1470. The number of nitrogens with zero attached hydrogens (tertiary/aromatic N) is 2. The van der Waals surface area contributed by atoms with Crippen molar-refractivity contribution in [3.63, 3.8) is 0 Å². The zero-order valence-electron chi connectivity index (χ0n) is 24.5. The van der Waals surface area contributed by atoms with Gasteiger partial charge in [-0.2, -0.15) is 5.10 Å². The molecule has 1 heterocycles. The lowest BCUT2D eigenvalue weighted by molar-refractivity contribution is -0.143. The van der Waals surface area contributed by atoms with Crippen molar-refractivity contribution in [2.24, 2.45) is 11.1 Å². The normalized spacial score (nSPS) is 13.0. The number of halogens is 1. The second kappa shape index (κ2) is 14.3. The van der Waals surface area contributed by atoms with Crippen molar-refractivity contribution >= 4 is 11.7 Å². The van der Waals surface area contributed by atoms with Crippen LogP contribution in [0.2, 0.25) is 0 Å². The number of hydrogen-bond donors (Lipinski definition) is 1. The van der Waals surface area contributed by atoms with Crippen molar-refractivity contribution in [1.29, 1.82) is 0 Å². The summed E-state index contributed by atoms with van der Waals surface area (Å²) in [6.45, 7) is 6.18. The number of H-pyrrole nitrogens is 1. The second-order valence-corrected chi connectivity index (χ2v) is 10.2. The van der Waals surface area contributed by atoms with Gasteiger partial charge in [-0.25, -0.2) is 9.49 Å². The highest BCUT2D eigenvalue weighted by Gasteiger charge is 2.25. The molecule has 0 amide bonds. The van der Waals surface area contributed by atoms with Gasteiger partial charge < -0.3 is 19.0 Å². The average molecular weight is 574 g/mol. The van der Waals surface area contributed by atoms with Crippen molar-refractivity contribution in [2.45, 2.75) is 45.8 Å². The molecule has 0 aliphatic heterocycles. The minimum Gasteiger partial charge on any atom is -0.481 e. The van der Waals surface area contributed by atoms with Gasteiger partial charge in [-0.15, -0.1) is 0 Å². The molecule has 4 rings (SSSR count). The van der Waals surface area contributed by atoms with Crippen LogP contribution in [-0.2, 0) is 27.4 Å². The van der Waals surface area contributed by atoms with E-state index < -0.39 is 18.0 Å². The Morgan fingerprint density at radius 1 is 0.929 bits per heavy atom. The van der Waals surface area contributed by atoms with Gasteiger partial charge >= 0.3 is 5.97 Å². The highest BCUT2D eigenvalue weighted by Crippen LogP contribution is 2.34. The number of esters is 1. The van der Waals surface area contributed by atoms with E-state index in [-0.39, 0.29) is 12.4 Å². The zero-order valence-corrected chi connectivity index (χ0v) is 24.5. The Balaban J connectivity index is 1.49. The smallest absolute Gasteiger partial charge is 0.314 e. The maximum Gasteiger partial charge on any atom is 0.314 e. The largest absolute Gasteiger partial charge is 0.481 e. The predicted molar refractivity (Wildman–Crippen MR) is 158 cm³/mol. The highest BCUT2D eigenvalue weighted by molar-refractivity contribution is 6.00. The number of carbonyl (C=O) groups excluding carboxylic acids is 1. The molecule has 9 heteroatoms. The van der Waals surface area contributed by atoms with Crippen LogP contribution in [0.5, 0.6) is 11.6 Å². The molecule has 2 atom stereocenters. The topological polar surface area (TPSA) is 95.0 Å². The van der Waals surface area contributed by atoms with Crippen LogP contribution in [0.1, 0.15) is 60.6 Å². The Morgan fingerprint density at radius 2 is 1.57 bits per heavy atom. The van der Waals surface area contributed by atoms with Crippen LogP contribution in [0.3, 0.4) is 0 Å². The molecule has 0 saturated heterocycles. The van der Waals surface area contributed by atoms with Gasteiger partial charge in [0.1, 0.15) is 24.1 Å². The van der Waals surface area contributed by atoms with Crippen LogP contribution in [-0.4, -0.2) is 36.1 Å². The summed E-state index contributed by atoms with van der Waals surface area (Å²) in [5, 5.41) is 11.2. The van der Waals surface area contributed by atoms with E-state index in [4.69, 9.17) is 19.0 Å². The van der Waals surface area contributed by atoms with E-state index in [1.165, 1.54) is 24.8 Å². The molecular formula is C33H36FN3O5. The maximum absolute atomic E-state index is 13.1. The molecule has 0 spiro atoms. The molecule has 1 aromatic heterocycles. The molecule has 8 nitrogen and oxygen atoms in total. The molecule has 0 saturated carbocycles. The molecule has 0 radical (unpaired) electrons. The third kappa shape index (κ3) is 7.75. The Hall–Kier alpha value is -4.66. The van der Waals surface area contributed by atoms with E-state index in [0.717, 1.165) is 22.3 Å². The van der Waals surface area contributed by atoms with Crippen molar-refractivity contribution in [1.82, 2.24) is 10.2 Å². The number of aromatic nitrogens is 2. The fourth-order valence-electron chi connectivity index (χ4n) is 4.47. The third-order valence-corrected chi connectivity index (χ3v) is 6.98. The van der Waals surface area contributed by atoms with E-state index in [0.29, 0.717) is 29.7 Å². The van der Waals surface area contributed by atoms with Crippen LogP contribution in [0.25, 0.3) is 0 Å². The van der Waals surface area contributed by atoms with Gasteiger partial charge in [0.2, 0.25) is 5.88 Å². The summed E-state index contributed by atoms with van der Waals surface area (Å²) in [6.07, 6.45) is 1.61. The molecule has 42 heavy (non-hydrogen) atoms. The summed E-state index contributed by atoms with van der Waals surface area (Å²) >= 11 is 0. The summed E-state index contributed by atoms with van der Waals surface area (Å²) in [5.74, 6) is 0.205. The number of benzene rings is 3. The molecular weight excluding hydrogens is 537 g/mol. The van der Waals surface area contributed by atoms with Gasteiger partial charge in [-0.05, 0) is 65.8 Å². The second-order valence-electron chi connectivity index (χ2n) is 10.2. The van der Waals surface area contributed by atoms with Crippen LogP contribution in [0.4, 0.5) is 4.39 Å². The molecule has 2 unspecified atom stereocenters. The number of aromatic amines is 1. The Kier molecular flexibility index (Phi) is 10.3. The van der Waals surface area contributed by atoms with E-state index >= 15 is 0 Å². The van der Waals surface area contributed by atoms with Gasteiger partial charge in [0.05, 0.1) is 31.7 Å². The summed E-state index contributed by atoms with van der Waals surface area (Å²) in [5.41, 5.74) is 5.10. The lowest BCUT2D eigenvalue weighted by atomic mass is 9.95. The van der Waals surface area contributed by atoms with E-state index in [1.54, 1.807) is 32.4 Å². The average Bonchev–Trinajstić information content (AvgIpc) is 3.48. The summed E-state index contributed by atoms with van der Waals surface area (Å²) < 4.78 is 30.1. The van der Waals surface area contributed by atoms with Crippen LogP contribution in [0.15, 0.2) is 84.1 Å². The maximum atomic E-state index is 13.1.